The maximum absolute atomic E-state index is 12.1. The molecule has 2 heterocycles. The molecule has 4 nitrogen and oxygen atoms in total. The van der Waals surface area contributed by atoms with Gasteiger partial charge in [0.2, 0.25) is 5.91 Å². The minimum absolute atomic E-state index is 0.0147. The molecule has 0 radical (unpaired) electrons. The molecule has 1 N–H and O–H groups in total. The predicted octanol–water partition coefficient (Wildman–Crippen LogP) is 2.08. The number of hydrogen-bond acceptors (Lipinski definition) is 4. The van der Waals surface area contributed by atoms with Gasteiger partial charge in [-0.25, -0.2) is 0 Å². The van der Waals surface area contributed by atoms with E-state index in [2.05, 4.69) is 19.2 Å². The van der Waals surface area contributed by atoms with Gasteiger partial charge in [-0.15, -0.1) is 11.3 Å². The molecule has 0 saturated carbocycles. The number of hydrogen-bond donors (Lipinski definition) is 1. The van der Waals surface area contributed by atoms with Crippen LogP contribution in [0.3, 0.4) is 0 Å². The van der Waals surface area contributed by atoms with E-state index < -0.39 is 0 Å². The summed E-state index contributed by atoms with van der Waals surface area (Å²) in [6, 6.07) is 3.59. The normalized spacial score (nSPS) is 19.1. The van der Waals surface area contributed by atoms with E-state index in [4.69, 9.17) is 0 Å². The van der Waals surface area contributed by atoms with Gasteiger partial charge in [-0.2, -0.15) is 11.8 Å². The van der Waals surface area contributed by atoms with Crippen molar-refractivity contribution < 1.29 is 9.59 Å². The van der Waals surface area contributed by atoms with Gasteiger partial charge >= 0.3 is 0 Å². The number of amides is 2. The average Bonchev–Trinajstić information content (AvgIpc) is 2.98. The van der Waals surface area contributed by atoms with Crippen molar-refractivity contribution in [3.05, 3.63) is 22.4 Å². The van der Waals surface area contributed by atoms with Crippen LogP contribution < -0.4 is 5.32 Å². The third-order valence-electron chi connectivity index (χ3n) is 3.33. The molecule has 0 unspecified atom stereocenters. The summed E-state index contributed by atoms with van der Waals surface area (Å²) in [6.45, 7) is 6.03. The predicted molar refractivity (Wildman–Crippen MR) is 84.3 cm³/mol. The van der Waals surface area contributed by atoms with Crippen molar-refractivity contribution >= 4 is 34.9 Å². The van der Waals surface area contributed by atoms with E-state index in [1.165, 1.54) is 11.3 Å². The van der Waals surface area contributed by atoms with Gasteiger partial charge in [0.1, 0.15) is 0 Å². The fraction of sp³-hybridized carbons (Fsp3) is 0.571. The lowest BCUT2D eigenvalue weighted by Crippen LogP contribution is -2.47. The Labute approximate surface area is 127 Å². The lowest BCUT2D eigenvalue weighted by atomic mass is 10.1. The van der Waals surface area contributed by atoms with E-state index in [-0.39, 0.29) is 18.4 Å². The molecule has 0 bridgehead atoms. The van der Waals surface area contributed by atoms with Crippen molar-refractivity contribution in [2.45, 2.75) is 19.1 Å². The van der Waals surface area contributed by atoms with Crippen LogP contribution >= 0.6 is 23.1 Å². The second-order valence-corrected chi connectivity index (χ2v) is 7.45. The van der Waals surface area contributed by atoms with E-state index in [0.717, 1.165) is 18.8 Å². The highest BCUT2D eigenvalue weighted by Crippen LogP contribution is 2.24. The lowest BCUT2D eigenvalue weighted by molar-refractivity contribution is -0.130. The molecule has 2 amide bonds. The molecule has 2 rings (SSSR count). The van der Waals surface area contributed by atoms with Gasteiger partial charge in [-0.05, 0) is 17.4 Å². The van der Waals surface area contributed by atoms with Crippen LogP contribution in [0.25, 0.3) is 0 Å². The van der Waals surface area contributed by atoms with Crippen molar-refractivity contribution in [1.29, 1.82) is 0 Å². The zero-order valence-electron chi connectivity index (χ0n) is 11.8. The Kier molecular flexibility index (Phi) is 5.48. The van der Waals surface area contributed by atoms with Crippen LogP contribution in [0, 0.1) is 5.92 Å². The summed E-state index contributed by atoms with van der Waals surface area (Å²) >= 11 is 3.32. The highest BCUT2D eigenvalue weighted by atomic mass is 32.2. The zero-order chi connectivity index (χ0) is 14.5. The molecule has 1 atom stereocenters. The number of nitrogens with one attached hydrogen (secondary N) is 1. The van der Waals surface area contributed by atoms with Crippen molar-refractivity contribution in [1.82, 2.24) is 10.2 Å². The third-order valence-corrected chi connectivity index (χ3v) is 5.74. The van der Waals surface area contributed by atoms with Gasteiger partial charge in [0.05, 0.1) is 11.4 Å². The highest BCUT2D eigenvalue weighted by Gasteiger charge is 2.26. The first kappa shape index (κ1) is 15.4. The molecule has 0 spiro atoms. The summed E-state index contributed by atoms with van der Waals surface area (Å²) in [6.07, 6.45) is 0. The Morgan fingerprint density at radius 1 is 1.50 bits per heavy atom. The van der Waals surface area contributed by atoms with Crippen molar-refractivity contribution in [3.8, 4) is 0 Å². The van der Waals surface area contributed by atoms with Crippen LogP contribution in [0.1, 0.15) is 23.5 Å². The first-order valence-corrected chi connectivity index (χ1v) is 8.72. The maximum atomic E-state index is 12.1. The zero-order valence-corrected chi connectivity index (χ0v) is 13.4. The van der Waals surface area contributed by atoms with Crippen LogP contribution in [-0.2, 0) is 4.79 Å². The van der Waals surface area contributed by atoms with Crippen LogP contribution in [0.15, 0.2) is 17.5 Å². The summed E-state index contributed by atoms with van der Waals surface area (Å²) in [5.41, 5.74) is 0. The number of carbonyl (C=O) groups excluding carboxylic acids is 2. The molecule has 0 aliphatic carbocycles. The minimum Gasteiger partial charge on any atom is -0.342 e. The lowest BCUT2D eigenvalue weighted by Gasteiger charge is -2.34. The van der Waals surface area contributed by atoms with Gasteiger partial charge in [0.15, 0.2) is 0 Å². The van der Waals surface area contributed by atoms with Crippen LogP contribution in [0.2, 0.25) is 0 Å². The molecule has 1 aliphatic rings. The van der Waals surface area contributed by atoms with E-state index in [0.29, 0.717) is 16.0 Å². The van der Waals surface area contributed by atoms with E-state index in [1.807, 2.05) is 28.1 Å². The second-order valence-electron chi connectivity index (χ2n) is 5.15. The Balaban J connectivity index is 1.81. The molecule has 6 heteroatoms. The van der Waals surface area contributed by atoms with Gasteiger partial charge in [0.25, 0.3) is 5.91 Å². The standard InChI is InChI=1S/C14H20N2O2S2/c1-10(2)12-9-16(5-7-20-12)13(17)8-15-14(18)11-4-3-6-19-11/h3-4,6,10,12H,5,7-9H2,1-2H3,(H,15,18)/t12-/m0/s1. The number of nitrogens with zero attached hydrogens (tertiary/aromatic N) is 1. The van der Waals surface area contributed by atoms with Gasteiger partial charge in [0, 0.05) is 24.1 Å². The molecule has 110 valence electrons. The molecule has 1 fully saturated rings. The first-order chi connectivity index (χ1) is 9.58. The summed E-state index contributed by atoms with van der Waals surface area (Å²) < 4.78 is 0. The summed E-state index contributed by atoms with van der Waals surface area (Å²) in [5, 5.41) is 5.05. The third kappa shape index (κ3) is 3.99. The van der Waals surface area contributed by atoms with E-state index >= 15 is 0 Å². The number of carbonyl (C=O) groups is 2. The van der Waals surface area contributed by atoms with Gasteiger partial charge in [-0.3, -0.25) is 9.59 Å². The summed E-state index contributed by atoms with van der Waals surface area (Å²) in [4.78, 5) is 26.5. The van der Waals surface area contributed by atoms with Crippen molar-refractivity contribution in [2.75, 3.05) is 25.4 Å². The molecule has 1 saturated heterocycles. The summed E-state index contributed by atoms with van der Waals surface area (Å²) in [5.74, 6) is 1.39. The highest BCUT2D eigenvalue weighted by molar-refractivity contribution is 8.00. The molecule has 1 aliphatic heterocycles. The monoisotopic (exact) mass is 312 g/mol. The maximum Gasteiger partial charge on any atom is 0.261 e. The number of rotatable bonds is 4. The second kappa shape index (κ2) is 7.13. The van der Waals surface area contributed by atoms with Crippen LogP contribution in [0.5, 0.6) is 0 Å². The quantitative estimate of drug-likeness (QED) is 0.926. The van der Waals surface area contributed by atoms with Crippen molar-refractivity contribution in [2.24, 2.45) is 5.92 Å². The fourth-order valence-corrected chi connectivity index (χ4v) is 4.01. The molecular weight excluding hydrogens is 292 g/mol. The van der Waals surface area contributed by atoms with Gasteiger partial charge in [-0.1, -0.05) is 19.9 Å². The fourth-order valence-electron chi connectivity index (χ4n) is 2.07. The molecule has 20 heavy (non-hydrogen) atoms. The Morgan fingerprint density at radius 2 is 2.30 bits per heavy atom. The smallest absolute Gasteiger partial charge is 0.261 e. The summed E-state index contributed by atoms with van der Waals surface area (Å²) in [7, 11) is 0. The largest absolute Gasteiger partial charge is 0.342 e. The number of thiophene rings is 1. The SMILES string of the molecule is CC(C)[C@@H]1CN(C(=O)CNC(=O)c2cccs2)CCS1. The molecule has 0 aromatic carbocycles. The average molecular weight is 312 g/mol. The van der Waals surface area contributed by atoms with E-state index in [9.17, 15) is 9.59 Å². The van der Waals surface area contributed by atoms with Gasteiger partial charge < -0.3 is 10.2 Å². The topological polar surface area (TPSA) is 49.4 Å². The van der Waals surface area contributed by atoms with E-state index in [1.54, 1.807) is 6.07 Å². The van der Waals surface area contributed by atoms with Crippen molar-refractivity contribution in [3.63, 3.8) is 0 Å². The Bertz CT molecular complexity index is 460. The first-order valence-electron chi connectivity index (χ1n) is 6.79. The molecule has 1 aromatic heterocycles. The Morgan fingerprint density at radius 3 is 2.95 bits per heavy atom. The number of thioether (sulfide) groups is 1. The van der Waals surface area contributed by atoms with Crippen LogP contribution in [-0.4, -0.2) is 47.4 Å². The molecular formula is C14H20N2O2S2. The van der Waals surface area contributed by atoms with Crippen LogP contribution in [0.4, 0.5) is 0 Å². The Hall–Kier alpha value is -1.01. The minimum atomic E-state index is -0.167. The molecule has 1 aromatic rings.